The van der Waals surface area contributed by atoms with Crippen LogP contribution in [0.15, 0.2) is 42.5 Å². The molecule has 2 N–H and O–H groups in total. The van der Waals surface area contributed by atoms with Gasteiger partial charge in [-0.15, -0.1) is 0 Å². The number of carbonyl (C=O) groups is 1. The van der Waals surface area contributed by atoms with E-state index in [0.29, 0.717) is 6.42 Å². The van der Waals surface area contributed by atoms with Gasteiger partial charge in [0, 0.05) is 45.7 Å². The highest BCUT2D eigenvalue weighted by atomic mass is 16.1. The molecule has 1 aliphatic heterocycles. The Morgan fingerprint density at radius 3 is 2.70 bits per heavy atom. The van der Waals surface area contributed by atoms with Gasteiger partial charge in [0.25, 0.3) is 0 Å². The Labute approximate surface area is 137 Å². The Morgan fingerprint density at radius 1 is 1.09 bits per heavy atom. The number of rotatable bonds is 6. The third-order valence-electron chi connectivity index (χ3n) is 4.41. The fourth-order valence-corrected chi connectivity index (χ4v) is 3.03. The first-order valence-electron chi connectivity index (χ1n) is 8.49. The second kappa shape index (κ2) is 8.09. The van der Waals surface area contributed by atoms with E-state index in [-0.39, 0.29) is 5.91 Å². The van der Waals surface area contributed by atoms with Gasteiger partial charge in [0.15, 0.2) is 0 Å². The number of hydrogen-bond acceptors (Lipinski definition) is 3. The summed E-state index contributed by atoms with van der Waals surface area (Å²) < 4.78 is 0. The molecule has 23 heavy (non-hydrogen) atoms. The predicted molar refractivity (Wildman–Crippen MR) is 94.6 cm³/mol. The van der Waals surface area contributed by atoms with Gasteiger partial charge in [0.2, 0.25) is 5.91 Å². The number of amides is 1. The van der Waals surface area contributed by atoms with Crippen LogP contribution < -0.4 is 10.6 Å². The summed E-state index contributed by atoms with van der Waals surface area (Å²) in [5.41, 5.74) is 1.22. The molecule has 1 saturated heterocycles. The van der Waals surface area contributed by atoms with Crippen LogP contribution in [0.2, 0.25) is 0 Å². The van der Waals surface area contributed by atoms with Crippen LogP contribution in [0.4, 0.5) is 0 Å². The maximum Gasteiger partial charge on any atom is 0.220 e. The number of carbonyl (C=O) groups excluding carboxylic acids is 1. The number of nitrogens with one attached hydrogen (secondary N) is 2. The van der Waals surface area contributed by atoms with Gasteiger partial charge in [0.1, 0.15) is 0 Å². The average molecular weight is 311 g/mol. The second-order valence-corrected chi connectivity index (χ2v) is 6.12. The van der Waals surface area contributed by atoms with Gasteiger partial charge in [-0.05, 0) is 22.8 Å². The molecule has 0 unspecified atom stereocenters. The first-order chi connectivity index (χ1) is 11.3. The van der Waals surface area contributed by atoms with Crippen molar-refractivity contribution < 1.29 is 4.79 Å². The summed E-state index contributed by atoms with van der Waals surface area (Å²) in [6.45, 7) is 5.95. The SMILES string of the molecule is O=C(CCc1ccc2ccccc2c1)NCCN1CCNCC1. The van der Waals surface area contributed by atoms with E-state index in [0.717, 1.165) is 45.7 Å². The molecule has 4 heteroatoms. The van der Waals surface area contributed by atoms with Crippen LogP contribution in [0.3, 0.4) is 0 Å². The molecule has 1 fully saturated rings. The highest BCUT2D eigenvalue weighted by Gasteiger charge is 2.09. The highest BCUT2D eigenvalue weighted by Crippen LogP contribution is 2.16. The fraction of sp³-hybridized carbons (Fsp3) is 0.421. The molecular weight excluding hydrogens is 286 g/mol. The van der Waals surface area contributed by atoms with E-state index in [4.69, 9.17) is 0 Å². The van der Waals surface area contributed by atoms with Crippen LogP contribution in [0.25, 0.3) is 10.8 Å². The molecule has 1 heterocycles. The monoisotopic (exact) mass is 311 g/mol. The Bertz CT molecular complexity index is 650. The van der Waals surface area contributed by atoms with Crippen molar-refractivity contribution in [1.82, 2.24) is 15.5 Å². The Morgan fingerprint density at radius 2 is 1.87 bits per heavy atom. The number of aryl methyl sites for hydroxylation is 1. The van der Waals surface area contributed by atoms with E-state index < -0.39 is 0 Å². The van der Waals surface area contributed by atoms with Gasteiger partial charge in [0.05, 0.1) is 0 Å². The lowest BCUT2D eigenvalue weighted by Gasteiger charge is -2.27. The normalized spacial score (nSPS) is 15.7. The Hall–Kier alpha value is -1.91. The third-order valence-corrected chi connectivity index (χ3v) is 4.41. The molecule has 0 aromatic heterocycles. The van der Waals surface area contributed by atoms with E-state index in [2.05, 4.69) is 51.9 Å². The molecule has 4 nitrogen and oxygen atoms in total. The van der Waals surface area contributed by atoms with Crippen molar-refractivity contribution >= 4 is 16.7 Å². The van der Waals surface area contributed by atoms with Crippen LogP contribution in [-0.2, 0) is 11.2 Å². The van der Waals surface area contributed by atoms with Crippen LogP contribution in [-0.4, -0.2) is 50.1 Å². The minimum Gasteiger partial charge on any atom is -0.355 e. The van der Waals surface area contributed by atoms with Crippen LogP contribution in [0.1, 0.15) is 12.0 Å². The molecule has 122 valence electrons. The summed E-state index contributed by atoms with van der Waals surface area (Å²) in [6.07, 6.45) is 1.35. The third kappa shape index (κ3) is 4.78. The molecule has 0 saturated carbocycles. The van der Waals surface area contributed by atoms with E-state index in [1.165, 1.54) is 16.3 Å². The lowest BCUT2D eigenvalue weighted by atomic mass is 10.0. The largest absolute Gasteiger partial charge is 0.355 e. The van der Waals surface area contributed by atoms with E-state index >= 15 is 0 Å². The second-order valence-electron chi connectivity index (χ2n) is 6.12. The molecule has 2 aromatic carbocycles. The zero-order valence-corrected chi connectivity index (χ0v) is 13.6. The van der Waals surface area contributed by atoms with E-state index in [1.807, 2.05) is 6.07 Å². The summed E-state index contributed by atoms with van der Waals surface area (Å²) in [6, 6.07) is 14.8. The molecule has 1 aliphatic rings. The first-order valence-corrected chi connectivity index (χ1v) is 8.49. The lowest BCUT2D eigenvalue weighted by molar-refractivity contribution is -0.121. The highest BCUT2D eigenvalue weighted by molar-refractivity contribution is 5.83. The number of piperazine rings is 1. The van der Waals surface area contributed by atoms with Crippen molar-refractivity contribution in [3.8, 4) is 0 Å². The van der Waals surface area contributed by atoms with E-state index in [9.17, 15) is 4.79 Å². The minimum atomic E-state index is 0.147. The van der Waals surface area contributed by atoms with Crippen molar-refractivity contribution in [3.63, 3.8) is 0 Å². The van der Waals surface area contributed by atoms with Crippen molar-refractivity contribution in [2.45, 2.75) is 12.8 Å². The quantitative estimate of drug-likeness (QED) is 0.855. The number of benzene rings is 2. The predicted octanol–water partition coefficient (Wildman–Crippen LogP) is 1.79. The maximum absolute atomic E-state index is 12.0. The minimum absolute atomic E-state index is 0.147. The molecule has 0 aliphatic carbocycles. The smallest absolute Gasteiger partial charge is 0.220 e. The zero-order valence-electron chi connectivity index (χ0n) is 13.6. The number of fused-ring (bicyclic) bond motifs is 1. The topological polar surface area (TPSA) is 44.4 Å². The standard InChI is InChI=1S/C19H25N3O/c23-19(21-11-14-22-12-9-20-10-13-22)8-6-16-5-7-17-3-1-2-4-18(17)15-16/h1-5,7,15,20H,6,8-14H2,(H,21,23). The summed E-state index contributed by atoms with van der Waals surface area (Å²) in [5.74, 6) is 0.147. The van der Waals surface area contributed by atoms with Gasteiger partial charge in [-0.25, -0.2) is 0 Å². The number of nitrogens with zero attached hydrogens (tertiary/aromatic N) is 1. The van der Waals surface area contributed by atoms with Crippen molar-refractivity contribution in [1.29, 1.82) is 0 Å². The average Bonchev–Trinajstić information content (AvgIpc) is 2.61. The van der Waals surface area contributed by atoms with Crippen molar-refractivity contribution in [2.75, 3.05) is 39.3 Å². The van der Waals surface area contributed by atoms with Crippen LogP contribution >= 0.6 is 0 Å². The summed E-state index contributed by atoms with van der Waals surface area (Å²) >= 11 is 0. The van der Waals surface area contributed by atoms with Crippen LogP contribution in [0.5, 0.6) is 0 Å². The Balaban J connectivity index is 1.40. The molecule has 1 amide bonds. The molecule has 0 bridgehead atoms. The zero-order chi connectivity index (χ0) is 15.9. The summed E-state index contributed by atoms with van der Waals surface area (Å²) in [4.78, 5) is 14.4. The molecule has 3 rings (SSSR count). The Kier molecular flexibility index (Phi) is 5.61. The van der Waals surface area contributed by atoms with Gasteiger partial charge in [-0.2, -0.15) is 0 Å². The summed E-state index contributed by atoms with van der Waals surface area (Å²) in [5, 5.41) is 8.86. The van der Waals surface area contributed by atoms with Crippen molar-refractivity contribution in [2.24, 2.45) is 0 Å². The molecule has 0 radical (unpaired) electrons. The molecule has 0 atom stereocenters. The molecule has 0 spiro atoms. The van der Waals surface area contributed by atoms with Crippen LogP contribution in [0, 0.1) is 0 Å². The summed E-state index contributed by atoms with van der Waals surface area (Å²) in [7, 11) is 0. The van der Waals surface area contributed by atoms with Gasteiger partial charge in [-0.3, -0.25) is 9.69 Å². The molecule has 2 aromatic rings. The van der Waals surface area contributed by atoms with Gasteiger partial charge >= 0.3 is 0 Å². The maximum atomic E-state index is 12.0. The first kappa shape index (κ1) is 16.0. The lowest BCUT2D eigenvalue weighted by Crippen LogP contribution is -2.46. The van der Waals surface area contributed by atoms with Gasteiger partial charge in [-0.1, -0.05) is 42.5 Å². The van der Waals surface area contributed by atoms with E-state index in [1.54, 1.807) is 0 Å². The molecular formula is C19H25N3O. The van der Waals surface area contributed by atoms with Crippen molar-refractivity contribution in [3.05, 3.63) is 48.0 Å². The fourth-order valence-electron chi connectivity index (χ4n) is 3.03. The van der Waals surface area contributed by atoms with Gasteiger partial charge < -0.3 is 10.6 Å². The number of hydrogen-bond donors (Lipinski definition) is 2.